The van der Waals surface area contributed by atoms with Crippen molar-refractivity contribution in [1.82, 2.24) is 14.9 Å². The Balaban J connectivity index is 1.57. The largest absolute Gasteiger partial charge is 0.464 e. The molecule has 2 aliphatic heterocycles. The molecule has 0 saturated carbocycles. The third-order valence-electron chi connectivity index (χ3n) is 4.15. The van der Waals surface area contributed by atoms with Crippen molar-refractivity contribution in [3.05, 3.63) is 30.1 Å². The minimum Gasteiger partial charge on any atom is -0.464 e. The van der Waals surface area contributed by atoms with Gasteiger partial charge in [-0.05, 0) is 30.5 Å². The first-order valence-electron chi connectivity index (χ1n) is 7.67. The van der Waals surface area contributed by atoms with Crippen LogP contribution < -0.4 is 0 Å². The Kier molecular flexibility index (Phi) is 4.88. The number of esters is 1. The number of piperidine rings is 1. The van der Waals surface area contributed by atoms with Crippen LogP contribution in [-0.2, 0) is 30.6 Å². The summed E-state index contributed by atoms with van der Waals surface area (Å²) in [6.45, 7) is 0.300. The molecule has 2 amide bonds. The van der Waals surface area contributed by atoms with Gasteiger partial charge in [-0.15, -0.1) is 4.28 Å². The number of carbonyl (C=O) groups excluding carboxylic acids is 2. The van der Waals surface area contributed by atoms with Crippen molar-refractivity contribution >= 4 is 22.4 Å². The number of aromatic nitrogens is 1. The van der Waals surface area contributed by atoms with Gasteiger partial charge in [0.1, 0.15) is 6.04 Å². The average molecular weight is 371 g/mol. The van der Waals surface area contributed by atoms with Crippen LogP contribution in [0.1, 0.15) is 18.4 Å². The summed E-state index contributed by atoms with van der Waals surface area (Å²) in [5, 5.41) is 0.597. The van der Waals surface area contributed by atoms with Gasteiger partial charge in [0.05, 0.1) is 12.6 Å². The highest BCUT2D eigenvalue weighted by molar-refractivity contribution is 7.80. The zero-order valence-electron chi connectivity index (χ0n) is 13.1. The molecule has 0 aliphatic carbocycles. The van der Waals surface area contributed by atoms with E-state index in [1.165, 1.54) is 4.90 Å². The molecule has 136 valence electrons. The molecule has 1 aromatic heterocycles. The minimum absolute atomic E-state index is 0.137. The third-order valence-corrected chi connectivity index (χ3v) is 4.50. The molecule has 25 heavy (non-hydrogen) atoms. The fraction of sp³-hybridized carbons (Fsp3) is 0.500. The van der Waals surface area contributed by atoms with Gasteiger partial charge >= 0.3 is 22.4 Å². The van der Waals surface area contributed by atoms with E-state index in [2.05, 4.69) is 9.27 Å². The molecule has 2 saturated heterocycles. The summed E-state index contributed by atoms with van der Waals surface area (Å²) < 4.78 is 40.0. The topological polar surface area (TPSA) is 126 Å². The van der Waals surface area contributed by atoms with Crippen molar-refractivity contribution < 1.29 is 31.6 Å². The first kappa shape index (κ1) is 17.6. The van der Waals surface area contributed by atoms with Gasteiger partial charge in [0, 0.05) is 25.4 Å². The highest BCUT2D eigenvalue weighted by Gasteiger charge is 2.49. The molecule has 11 heteroatoms. The predicted octanol–water partition coefficient (Wildman–Crippen LogP) is 0.170. The first-order chi connectivity index (χ1) is 11.8. The normalized spacial score (nSPS) is 23.0. The van der Waals surface area contributed by atoms with E-state index in [0.29, 0.717) is 24.3 Å². The van der Waals surface area contributed by atoms with E-state index in [1.54, 1.807) is 12.4 Å². The quantitative estimate of drug-likeness (QED) is 0.554. The second-order valence-corrected chi connectivity index (χ2v) is 6.79. The number of amides is 2. The van der Waals surface area contributed by atoms with Crippen molar-refractivity contribution in [2.24, 2.45) is 0 Å². The summed E-state index contributed by atoms with van der Waals surface area (Å²) in [7, 11) is -4.80. The second kappa shape index (κ2) is 6.94. The maximum Gasteiger partial charge on any atom is 0.418 e. The Labute approximate surface area is 144 Å². The van der Waals surface area contributed by atoms with Gasteiger partial charge in [-0.25, -0.2) is 9.59 Å². The minimum atomic E-state index is -4.80. The molecular formula is C14H17N3O7S. The summed E-state index contributed by atoms with van der Waals surface area (Å²) in [5.74, 6) is -0.547. The van der Waals surface area contributed by atoms with Crippen molar-refractivity contribution in [3.8, 4) is 0 Å². The highest BCUT2D eigenvalue weighted by atomic mass is 32.3. The van der Waals surface area contributed by atoms with Crippen LogP contribution in [-0.4, -0.2) is 65.2 Å². The first-order valence-corrected chi connectivity index (χ1v) is 9.04. The Morgan fingerprint density at radius 2 is 2.04 bits per heavy atom. The molecule has 2 bridgehead atoms. The van der Waals surface area contributed by atoms with Gasteiger partial charge in [0.25, 0.3) is 0 Å². The Hall–Kier alpha value is -2.24. The molecule has 0 radical (unpaired) electrons. The lowest BCUT2D eigenvalue weighted by atomic mass is 10.0. The number of carbonyl (C=O) groups is 2. The summed E-state index contributed by atoms with van der Waals surface area (Å²) in [4.78, 5) is 29.6. The molecule has 2 fully saturated rings. The van der Waals surface area contributed by atoms with Crippen molar-refractivity contribution in [3.63, 3.8) is 0 Å². The molecule has 1 aromatic rings. The number of hydroxylamine groups is 2. The lowest BCUT2D eigenvalue weighted by Crippen LogP contribution is -2.46. The fourth-order valence-corrected chi connectivity index (χ4v) is 3.38. The number of fused-ring (bicyclic) bond motifs is 2. The van der Waals surface area contributed by atoms with Crippen molar-refractivity contribution in [2.45, 2.75) is 31.3 Å². The Morgan fingerprint density at radius 1 is 1.32 bits per heavy atom. The fourth-order valence-electron chi connectivity index (χ4n) is 2.99. The van der Waals surface area contributed by atoms with Gasteiger partial charge in [0.2, 0.25) is 0 Å². The van der Waals surface area contributed by atoms with Gasteiger partial charge in [-0.1, -0.05) is 0 Å². The maximum atomic E-state index is 12.3. The number of pyridine rings is 1. The van der Waals surface area contributed by atoms with Crippen LogP contribution in [0.25, 0.3) is 0 Å². The Bertz CT molecular complexity index is 755. The van der Waals surface area contributed by atoms with Crippen LogP contribution in [0.4, 0.5) is 4.79 Å². The van der Waals surface area contributed by atoms with Crippen LogP contribution in [0.15, 0.2) is 24.5 Å². The van der Waals surface area contributed by atoms with E-state index in [1.807, 2.05) is 12.1 Å². The lowest BCUT2D eigenvalue weighted by molar-refractivity contribution is -0.149. The van der Waals surface area contributed by atoms with Gasteiger partial charge in [-0.3, -0.25) is 9.54 Å². The summed E-state index contributed by atoms with van der Waals surface area (Å²) in [6.07, 6.45) is 4.50. The number of hydrogen-bond acceptors (Lipinski definition) is 7. The molecule has 0 aromatic carbocycles. The van der Waals surface area contributed by atoms with E-state index in [0.717, 1.165) is 5.56 Å². The summed E-state index contributed by atoms with van der Waals surface area (Å²) >= 11 is 0. The zero-order chi connectivity index (χ0) is 18.0. The average Bonchev–Trinajstić information content (AvgIpc) is 2.79. The molecule has 2 aliphatic rings. The number of nitrogens with zero attached hydrogens (tertiary/aromatic N) is 3. The number of ether oxygens (including phenoxy) is 1. The van der Waals surface area contributed by atoms with E-state index in [-0.39, 0.29) is 13.2 Å². The molecule has 2 atom stereocenters. The van der Waals surface area contributed by atoms with E-state index >= 15 is 0 Å². The van der Waals surface area contributed by atoms with Crippen LogP contribution in [0.3, 0.4) is 0 Å². The Morgan fingerprint density at radius 3 is 2.72 bits per heavy atom. The van der Waals surface area contributed by atoms with Crippen LogP contribution >= 0.6 is 0 Å². The SMILES string of the molecule is O=C(OCCc1ccncc1)C1CCC2CN1C(=O)N2OS(=O)(=O)O. The molecule has 3 heterocycles. The molecule has 0 spiro atoms. The number of urea groups is 1. The van der Waals surface area contributed by atoms with Gasteiger partial charge in [-0.2, -0.15) is 13.5 Å². The molecule has 2 unspecified atom stereocenters. The molecule has 3 rings (SSSR count). The van der Waals surface area contributed by atoms with Crippen molar-refractivity contribution in [2.75, 3.05) is 13.2 Å². The molecular weight excluding hydrogens is 354 g/mol. The number of hydrogen-bond donors (Lipinski definition) is 1. The third kappa shape index (κ3) is 4.06. The van der Waals surface area contributed by atoms with Gasteiger partial charge in [0.15, 0.2) is 0 Å². The van der Waals surface area contributed by atoms with Crippen LogP contribution in [0.2, 0.25) is 0 Å². The summed E-state index contributed by atoms with van der Waals surface area (Å²) in [6, 6.07) is 1.52. The standard InChI is InChI=1S/C14H17N3O7S/c18-13(23-8-5-10-3-6-15-7-4-10)12-2-1-11-9-16(12)14(19)17(11)24-25(20,21)22/h3-4,6-7,11-12H,1-2,5,8-9H2,(H,20,21,22). The van der Waals surface area contributed by atoms with Gasteiger partial charge < -0.3 is 9.64 Å². The van der Waals surface area contributed by atoms with E-state index in [9.17, 15) is 18.0 Å². The van der Waals surface area contributed by atoms with Crippen LogP contribution in [0, 0.1) is 0 Å². The zero-order valence-corrected chi connectivity index (χ0v) is 14.0. The summed E-state index contributed by atoms with van der Waals surface area (Å²) in [5.41, 5.74) is 0.969. The molecule has 10 nitrogen and oxygen atoms in total. The van der Waals surface area contributed by atoms with E-state index in [4.69, 9.17) is 9.29 Å². The smallest absolute Gasteiger partial charge is 0.418 e. The predicted molar refractivity (Wildman–Crippen MR) is 82.3 cm³/mol. The van der Waals surface area contributed by atoms with Crippen LogP contribution in [0.5, 0.6) is 0 Å². The maximum absolute atomic E-state index is 12.3. The van der Waals surface area contributed by atoms with Crippen molar-refractivity contribution in [1.29, 1.82) is 0 Å². The lowest BCUT2D eigenvalue weighted by Gasteiger charge is -2.28. The van der Waals surface area contributed by atoms with E-state index < -0.39 is 34.5 Å². The molecule has 1 N–H and O–H groups in total. The second-order valence-electron chi connectivity index (χ2n) is 5.78. The number of rotatable bonds is 6. The monoisotopic (exact) mass is 371 g/mol. The highest BCUT2D eigenvalue weighted by Crippen LogP contribution is 2.31.